The minimum atomic E-state index is 0. The average molecular weight is 388 g/mol. The Hall–Kier alpha value is 0.288. The van der Waals surface area contributed by atoms with Gasteiger partial charge in [-0.25, -0.2) is 0 Å². The second kappa shape index (κ2) is 7.34. The van der Waals surface area contributed by atoms with Crippen molar-refractivity contribution in [3.05, 3.63) is 28.8 Å². The third kappa shape index (κ3) is 5.29. The summed E-state index contributed by atoms with van der Waals surface area (Å²) >= 11 is 1.69. The zero-order valence-electron chi connectivity index (χ0n) is 12.8. The molecule has 0 spiro atoms. The molecular weight excluding hydrogens is 363 g/mol. The molecule has 0 atom stereocenters. The van der Waals surface area contributed by atoms with Gasteiger partial charge >= 0.3 is 117 Å². The number of halogens is 2. The summed E-state index contributed by atoms with van der Waals surface area (Å²) in [6.07, 6.45) is 0. The van der Waals surface area contributed by atoms with Crippen molar-refractivity contribution in [2.45, 2.75) is 59.3 Å². The van der Waals surface area contributed by atoms with Gasteiger partial charge < -0.3 is 0 Å². The van der Waals surface area contributed by atoms with E-state index in [4.69, 9.17) is 3.39 Å². The van der Waals surface area contributed by atoms with Crippen LogP contribution in [0.25, 0.3) is 0 Å². The molecule has 0 aromatic heterocycles. The topological polar surface area (TPSA) is 9.23 Å². The van der Waals surface area contributed by atoms with Gasteiger partial charge in [-0.3, -0.25) is 0 Å². The molecule has 111 valence electrons. The van der Waals surface area contributed by atoms with Crippen molar-refractivity contribution >= 4 is 24.8 Å². The smallest absolute Gasteiger partial charge is 0.147 e. The van der Waals surface area contributed by atoms with Crippen molar-refractivity contribution in [1.82, 2.24) is 0 Å². The number of benzene rings is 1. The molecule has 0 amide bonds. The van der Waals surface area contributed by atoms with Gasteiger partial charge in [0, 0.05) is 0 Å². The summed E-state index contributed by atoms with van der Waals surface area (Å²) in [6, 6.07) is 4.54. The van der Waals surface area contributed by atoms with E-state index < -0.39 is 0 Å². The number of aryl methyl sites for hydroxylation is 1. The molecule has 1 aromatic carbocycles. The Balaban J connectivity index is 0. The van der Waals surface area contributed by atoms with E-state index >= 15 is 0 Å². The minimum absolute atomic E-state index is 0. The number of rotatable bonds is 1. The van der Waals surface area contributed by atoms with Gasteiger partial charge in [0.15, 0.2) is 0 Å². The van der Waals surface area contributed by atoms with Gasteiger partial charge in [-0.1, -0.05) is 0 Å². The van der Waals surface area contributed by atoms with Crippen LogP contribution in [0.3, 0.4) is 0 Å². The molecule has 19 heavy (non-hydrogen) atoms. The maximum atomic E-state index is 5.58. The van der Waals surface area contributed by atoms with E-state index in [-0.39, 0.29) is 35.6 Å². The van der Waals surface area contributed by atoms with Gasteiger partial charge in [-0.15, -0.1) is 24.8 Å². The van der Waals surface area contributed by atoms with Crippen molar-refractivity contribution in [1.29, 1.82) is 0 Å². The van der Waals surface area contributed by atoms with Gasteiger partial charge in [-0.2, -0.15) is 0 Å². The Kier molecular flexibility index (Phi) is 8.34. The van der Waals surface area contributed by atoms with Crippen molar-refractivity contribution in [2.24, 2.45) is 0 Å². The molecule has 0 unspecified atom stereocenters. The van der Waals surface area contributed by atoms with Crippen LogP contribution >= 0.6 is 24.8 Å². The first-order chi connectivity index (χ1) is 7.57. The second-order valence-electron chi connectivity index (χ2n) is 6.75. The van der Waals surface area contributed by atoms with Gasteiger partial charge in [0.1, 0.15) is 0 Å². The van der Waals surface area contributed by atoms with Gasteiger partial charge in [0.25, 0.3) is 0 Å². The van der Waals surface area contributed by atoms with Crippen LogP contribution in [0, 0.1) is 6.92 Å². The standard InChI is InChI=1S/C15H24O.2ClH.Mo/c1-10-8-11(14(2,3)4)9-12(13(10)16)15(5,6)7;;;/h8-9,16H,1-7H3;2*1H;/q;;;+1/p-1. The van der Waals surface area contributed by atoms with Gasteiger partial charge in [-0.05, 0) is 0 Å². The fraction of sp³-hybridized carbons (Fsp3) is 0.600. The first-order valence-corrected chi connectivity index (χ1v) is 6.84. The van der Waals surface area contributed by atoms with Crippen LogP contribution in [-0.4, -0.2) is 0 Å². The molecular formula is C15H25Cl2MoO. The Labute approximate surface area is 142 Å². The first-order valence-electron chi connectivity index (χ1n) is 6.03. The van der Waals surface area contributed by atoms with E-state index in [0.717, 1.165) is 5.75 Å². The maximum Gasteiger partial charge on any atom is -0.147 e. The van der Waals surface area contributed by atoms with Crippen molar-refractivity contribution < 1.29 is 23.6 Å². The maximum absolute atomic E-state index is 5.58. The molecule has 4 heteroatoms. The summed E-state index contributed by atoms with van der Waals surface area (Å²) in [5.41, 5.74) is 4.19. The molecule has 1 aromatic rings. The molecule has 0 aliphatic rings. The van der Waals surface area contributed by atoms with E-state index in [9.17, 15) is 0 Å². The summed E-state index contributed by atoms with van der Waals surface area (Å²) in [4.78, 5) is 0. The van der Waals surface area contributed by atoms with Crippen LogP contribution in [0.4, 0.5) is 0 Å². The van der Waals surface area contributed by atoms with Crippen LogP contribution in [-0.2, 0) is 31.0 Å². The van der Waals surface area contributed by atoms with Crippen LogP contribution in [0.1, 0.15) is 58.2 Å². The Bertz CT molecular complexity index is 417. The van der Waals surface area contributed by atoms with E-state index in [1.54, 1.807) is 20.2 Å². The SMILES string of the molecule is Cc1cc(C(C)(C)C)cc(C(C)(C)C)c1[O][Mo].Cl.Cl. The normalized spacial score (nSPS) is 11.3. The Morgan fingerprint density at radius 1 is 0.895 bits per heavy atom. The van der Waals surface area contributed by atoms with Crippen molar-refractivity contribution in [2.75, 3.05) is 0 Å². The summed E-state index contributed by atoms with van der Waals surface area (Å²) < 4.78 is 5.58. The molecule has 1 nitrogen and oxygen atoms in total. The second-order valence-corrected chi connectivity index (χ2v) is 7.16. The number of hydrogen-bond acceptors (Lipinski definition) is 1. The fourth-order valence-corrected chi connectivity index (χ4v) is 2.42. The van der Waals surface area contributed by atoms with Crippen molar-refractivity contribution in [3.8, 4) is 5.75 Å². The predicted octanol–water partition coefficient (Wildman–Crippen LogP) is 5.27. The molecule has 0 aliphatic carbocycles. The molecule has 0 radical (unpaired) electrons. The fourth-order valence-electron chi connectivity index (χ4n) is 1.87. The number of hydrogen-bond donors (Lipinski definition) is 0. The molecule has 0 aliphatic heterocycles. The monoisotopic (exact) mass is 389 g/mol. The Morgan fingerprint density at radius 3 is 1.68 bits per heavy atom. The van der Waals surface area contributed by atoms with Gasteiger partial charge in [0.05, 0.1) is 0 Å². The zero-order chi connectivity index (χ0) is 13.4. The summed E-state index contributed by atoms with van der Waals surface area (Å²) in [6.45, 7) is 15.6. The third-order valence-corrected chi connectivity index (χ3v) is 3.44. The van der Waals surface area contributed by atoms with E-state index in [1.165, 1.54) is 16.7 Å². The largest absolute Gasteiger partial charge is 0.147 e. The zero-order valence-corrected chi connectivity index (χ0v) is 16.4. The molecule has 0 bridgehead atoms. The summed E-state index contributed by atoms with van der Waals surface area (Å²) in [5.74, 6) is 1.04. The van der Waals surface area contributed by atoms with E-state index in [0.29, 0.717) is 0 Å². The van der Waals surface area contributed by atoms with Crippen LogP contribution in [0.15, 0.2) is 12.1 Å². The summed E-state index contributed by atoms with van der Waals surface area (Å²) in [7, 11) is 0. The molecule has 1 rings (SSSR count). The van der Waals surface area contributed by atoms with Crippen LogP contribution in [0.5, 0.6) is 5.75 Å². The average Bonchev–Trinajstić information content (AvgIpc) is 2.13. The molecule has 0 fully saturated rings. The van der Waals surface area contributed by atoms with Crippen LogP contribution in [0.2, 0.25) is 0 Å². The Morgan fingerprint density at radius 2 is 1.37 bits per heavy atom. The first kappa shape index (κ1) is 21.6. The predicted molar refractivity (Wildman–Crippen MR) is 83.7 cm³/mol. The third-order valence-electron chi connectivity index (χ3n) is 3.03. The molecule has 0 saturated carbocycles. The van der Waals surface area contributed by atoms with Gasteiger partial charge in [0.2, 0.25) is 0 Å². The quantitative estimate of drug-likeness (QED) is 0.596. The van der Waals surface area contributed by atoms with E-state index in [2.05, 4.69) is 60.6 Å². The van der Waals surface area contributed by atoms with E-state index in [1.807, 2.05) is 0 Å². The minimum Gasteiger partial charge on any atom is -0.147 e. The molecule has 0 heterocycles. The van der Waals surface area contributed by atoms with Crippen LogP contribution < -0.4 is 3.39 Å². The molecule has 0 N–H and O–H groups in total. The molecule has 0 saturated heterocycles. The van der Waals surface area contributed by atoms with Crippen molar-refractivity contribution in [3.63, 3.8) is 0 Å². The summed E-state index contributed by atoms with van der Waals surface area (Å²) in [5, 5.41) is 0.